The molecule has 2 aromatic carbocycles. The van der Waals surface area contributed by atoms with Gasteiger partial charge in [-0.3, -0.25) is 14.0 Å². The van der Waals surface area contributed by atoms with E-state index in [0.717, 1.165) is 48.1 Å². The van der Waals surface area contributed by atoms with Crippen LogP contribution in [0.5, 0.6) is 11.5 Å². The number of benzene rings is 2. The van der Waals surface area contributed by atoms with Crippen LogP contribution >= 0.6 is 0 Å². The number of carbonyl (C=O) groups is 1. The second-order valence-corrected chi connectivity index (χ2v) is 9.83. The van der Waals surface area contributed by atoms with Gasteiger partial charge >= 0.3 is 6.18 Å². The Morgan fingerprint density at radius 3 is 2.38 bits per heavy atom. The summed E-state index contributed by atoms with van der Waals surface area (Å²) >= 11 is 0. The molecule has 8 nitrogen and oxygen atoms in total. The fourth-order valence-electron chi connectivity index (χ4n) is 5.04. The smallest absolute Gasteiger partial charge is 0.389 e. The molecule has 1 aliphatic rings. The minimum atomic E-state index is -4.43. The summed E-state index contributed by atoms with van der Waals surface area (Å²) < 4.78 is 52.8. The highest BCUT2D eigenvalue weighted by atomic mass is 19.4. The minimum absolute atomic E-state index is 0.0127. The molecule has 0 amide bonds. The third-order valence-corrected chi connectivity index (χ3v) is 7.23. The van der Waals surface area contributed by atoms with Crippen LogP contribution in [0.1, 0.15) is 42.1 Å². The van der Waals surface area contributed by atoms with Gasteiger partial charge in [0.05, 0.1) is 49.6 Å². The monoisotopic (exact) mass is 541 g/mol. The number of likely N-dealkylation sites (tertiary alicyclic amines) is 1. The maximum absolute atomic E-state index is 12.7. The van der Waals surface area contributed by atoms with Crippen molar-refractivity contribution in [3.63, 3.8) is 0 Å². The van der Waals surface area contributed by atoms with Gasteiger partial charge in [-0.15, -0.1) is 0 Å². The molecule has 1 saturated heterocycles. The average Bonchev–Trinajstić information content (AvgIpc) is 3.58. The second-order valence-electron chi connectivity index (χ2n) is 9.83. The Balaban J connectivity index is 1.43. The van der Waals surface area contributed by atoms with Crippen molar-refractivity contribution in [2.45, 2.75) is 37.9 Å². The summed E-state index contributed by atoms with van der Waals surface area (Å²) in [5.41, 5.74) is 4.15. The molecule has 5 rings (SSSR count). The van der Waals surface area contributed by atoms with Gasteiger partial charge in [-0.2, -0.15) is 18.3 Å². The topological polar surface area (TPSA) is 74.4 Å². The molecule has 0 N–H and O–H groups in total. The van der Waals surface area contributed by atoms with E-state index in [9.17, 15) is 18.0 Å². The molecule has 0 bridgehead atoms. The Kier molecular flexibility index (Phi) is 7.35. The van der Waals surface area contributed by atoms with Gasteiger partial charge in [0.1, 0.15) is 23.4 Å². The van der Waals surface area contributed by atoms with Crippen LogP contribution < -0.4 is 9.47 Å². The molecular weight excluding hydrogens is 511 g/mol. The van der Waals surface area contributed by atoms with Gasteiger partial charge in [0.15, 0.2) is 5.78 Å². The van der Waals surface area contributed by atoms with Gasteiger partial charge in [0.2, 0.25) is 0 Å². The number of aromatic nitrogens is 4. The van der Waals surface area contributed by atoms with E-state index in [1.807, 2.05) is 29.0 Å². The van der Waals surface area contributed by atoms with Crippen LogP contribution in [0.25, 0.3) is 27.8 Å². The molecule has 4 aromatic rings. The molecule has 2 aromatic heterocycles. The van der Waals surface area contributed by atoms with Crippen molar-refractivity contribution >= 4 is 16.8 Å². The molecule has 1 aliphatic heterocycles. The third kappa shape index (κ3) is 5.63. The highest BCUT2D eigenvalue weighted by Gasteiger charge is 2.30. The van der Waals surface area contributed by atoms with E-state index >= 15 is 0 Å². The minimum Gasteiger partial charge on any atom is -0.496 e. The predicted molar refractivity (Wildman–Crippen MR) is 141 cm³/mol. The number of hydrogen-bond acceptors (Lipinski definition) is 6. The van der Waals surface area contributed by atoms with Crippen molar-refractivity contribution in [1.29, 1.82) is 0 Å². The van der Waals surface area contributed by atoms with Gasteiger partial charge in [-0.05, 0) is 50.7 Å². The van der Waals surface area contributed by atoms with Crippen molar-refractivity contribution in [1.82, 2.24) is 24.2 Å². The van der Waals surface area contributed by atoms with Crippen LogP contribution in [0.2, 0.25) is 0 Å². The Bertz CT molecular complexity index is 1460. The summed E-state index contributed by atoms with van der Waals surface area (Å²) in [5.74, 6) is -0.430. The highest BCUT2D eigenvalue weighted by Crippen LogP contribution is 2.36. The zero-order valence-electron chi connectivity index (χ0n) is 22.0. The van der Waals surface area contributed by atoms with Crippen molar-refractivity contribution in [3.8, 4) is 28.3 Å². The van der Waals surface area contributed by atoms with E-state index in [1.165, 1.54) is 14.2 Å². The summed E-state index contributed by atoms with van der Waals surface area (Å²) in [7, 11) is 4.87. The average molecular weight is 542 g/mol. The maximum atomic E-state index is 12.7. The Morgan fingerprint density at radius 1 is 1.05 bits per heavy atom. The van der Waals surface area contributed by atoms with Crippen molar-refractivity contribution in [2.75, 3.05) is 34.4 Å². The standard InChI is InChI=1S/C28H30F3N5O3/c1-34-10-7-20(8-11-34)36-16-19(15-33-36)18-4-5-23-22(12-18)32-17-35(23)21-13-25(38-2)27(26(14-21)39-3)24(37)6-9-28(29,30)31/h4-5,12-17,20H,6-11H2,1-3H3. The van der Waals surface area contributed by atoms with Crippen molar-refractivity contribution < 1.29 is 27.4 Å². The largest absolute Gasteiger partial charge is 0.496 e. The van der Waals surface area contributed by atoms with E-state index in [4.69, 9.17) is 9.47 Å². The molecule has 1 fully saturated rings. The van der Waals surface area contributed by atoms with E-state index in [2.05, 4.69) is 32.9 Å². The number of rotatable bonds is 8. The van der Waals surface area contributed by atoms with E-state index in [0.29, 0.717) is 11.7 Å². The van der Waals surface area contributed by atoms with Crippen LogP contribution in [0, 0.1) is 0 Å². The first-order valence-corrected chi connectivity index (χ1v) is 12.7. The number of halogens is 3. The first kappa shape index (κ1) is 26.7. The van der Waals surface area contributed by atoms with Crippen LogP contribution in [-0.2, 0) is 0 Å². The number of piperidine rings is 1. The van der Waals surface area contributed by atoms with Gasteiger partial charge < -0.3 is 14.4 Å². The number of methoxy groups -OCH3 is 2. The van der Waals surface area contributed by atoms with Crippen LogP contribution in [-0.4, -0.2) is 70.5 Å². The van der Waals surface area contributed by atoms with Crippen molar-refractivity contribution in [2.24, 2.45) is 0 Å². The SMILES string of the molecule is COc1cc(-n2cnc3cc(-c4cnn(C5CCN(C)CC5)c4)ccc32)cc(OC)c1C(=O)CCC(F)(F)F. The molecule has 0 saturated carbocycles. The maximum Gasteiger partial charge on any atom is 0.389 e. The summed E-state index contributed by atoms with van der Waals surface area (Å²) in [6, 6.07) is 9.54. The Hall–Kier alpha value is -3.86. The molecule has 0 aliphatic carbocycles. The number of ether oxygens (including phenoxy) is 2. The molecule has 0 unspecified atom stereocenters. The fourth-order valence-corrected chi connectivity index (χ4v) is 5.04. The number of nitrogens with zero attached hydrogens (tertiary/aromatic N) is 5. The van der Waals surface area contributed by atoms with Gasteiger partial charge in [-0.1, -0.05) is 6.07 Å². The number of alkyl halides is 3. The first-order chi connectivity index (χ1) is 18.7. The summed E-state index contributed by atoms with van der Waals surface area (Å²) in [4.78, 5) is 19.6. The normalized spacial score (nSPS) is 15.1. The summed E-state index contributed by atoms with van der Waals surface area (Å²) in [5, 5.41) is 4.62. The second kappa shape index (κ2) is 10.7. The Labute approximate surface area is 223 Å². The van der Waals surface area contributed by atoms with E-state index in [-0.39, 0.29) is 17.1 Å². The molecule has 0 radical (unpaired) electrons. The van der Waals surface area contributed by atoms with Gasteiger partial charge in [0, 0.05) is 30.3 Å². The van der Waals surface area contributed by atoms with Crippen molar-refractivity contribution in [3.05, 3.63) is 54.6 Å². The molecular formula is C28H30F3N5O3. The molecule has 39 heavy (non-hydrogen) atoms. The summed E-state index contributed by atoms with van der Waals surface area (Å²) in [6.07, 6.45) is 1.40. The zero-order chi connectivity index (χ0) is 27.7. The molecule has 0 spiro atoms. The van der Waals surface area contributed by atoms with Gasteiger partial charge in [-0.25, -0.2) is 4.98 Å². The molecule has 3 heterocycles. The van der Waals surface area contributed by atoms with E-state index in [1.54, 1.807) is 18.5 Å². The fraction of sp³-hybridized carbons (Fsp3) is 0.393. The number of Topliss-reactive ketones (excluding diaryl/α,β-unsaturated/α-hetero) is 1. The molecule has 206 valence electrons. The quantitative estimate of drug-likeness (QED) is 0.267. The zero-order valence-corrected chi connectivity index (χ0v) is 22.0. The lowest BCUT2D eigenvalue weighted by Gasteiger charge is -2.28. The van der Waals surface area contributed by atoms with Crippen LogP contribution in [0.3, 0.4) is 0 Å². The predicted octanol–water partition coefficient (Wildman–Crippen LogP) is 5.70. The van der Waals surface area contributed by atoms with E-state index < -0.39 is 24.8 Å². The number of fused-ring (bicyclic) bond motifs is 1. The molecule has 0 atom stereocenters. The van der Waals surface area contributed by atoms with Gasteiger partial charge in [0.25, 0.3) is 0 Å². The highest BCUT2D eigenvalue weighted by molar-refractivity contribution is 6.02. The van der Waals surface area contributed by atoms with Crippen LogP contribution in [0.4, 0.5) is 13.2 Å². The number of carbonyl (C=O) groups excluding carboxylic acids is 1. The third-order valence-electron chi connectivity index (χ3n) is 7.23. The van der Waals surface area contributed by atoms with Crippen LogP contribution in [0.15, 0.2) is 49.1 Å². The molecule has 11 heteroatoms. The lowest BCUT2D eigenvalue weighted by Crippen LogP contribution is -2.31. The Morgan fingerprint density at radius 2 is 1.74 bits per heavy atom. The first-order valence-electron chi connectivity index (χ1n) is 12.7. The summed E-state index contributed by atoms with van der Waals surface area (Å²) in [6.45, 7) is 2.11. The lowest BCUT2D eigenvalue weighted by molar-refractivity contribution is -0.133. The number of imidazole rings is 1. The number of ketones is 1. The number of hydrogen-bond donors (Lipinski definition) is 0. The lowest BCUT2D eigenvalue weighted by atomic mass is 10.0.